The molecule has 0 N–H and O–H groups in total. The number of nitrogens with zero attached hydrogens (tertiary/aromatic N) is 3. The van der Waals surface area contributed by atoms with Crippen molar-refractivity contribution in [1.82, 2.24) is 14.5 Å². The Morgan fingerprint density at radius 3 is 2.70 bits per heavy atom. The number of ether oxygens (including phenoxy) is 2. The minimum absolute atomic E-state index is 0.0555. The molecule has 1 amide bonds. The smallest absolute Gasteiger partial charge is 0.268 e. The van der Waals surface area contributed by atoms with Crippen LogP contribution in [-0.2, 0) is 4.74 Å². The highest BCUT2D eigenvalue weighted by atomic mass is 32.1. The molecule has 1 unspecified atom stereocenters. The molecule has 0 radical (unpaired) electrons. The minimum atomic E-state index is -0.116. The number of methoxy groups -OCH3 is 1. The van der Waals surface area contributed by atoms with E-state index in [0.717, 1.165) is 28.4 Å². The summed E-state index contributed by atoms with van der Waals surface area (Å²) in [5.41, 5.74) is 2.53. The second-order valence-corrected chi connectivity index (χ2v) is 6.95. The molecule has 27 heavy (non-hydrogen) atoms. The molecule has 4 rings (SSSR count). The van der Waals surface area contributed by atoms with Gasteiger partial charge in [0.15, 0.2) is 0 Å². The fourth-order valence-electron chi connectivity index (χ4n) is 3.12. The molecule has 1 atom stereocenters. The number of rotatable bonds is 4. The Balaban J connectivity index is 1.55. The molecule has 1 fully saturated rings. The maximum Gasteiger partial charge on any atom is 0.268 e. The molecule has 0 spiro atoms. The first kappa shape index (κ1) is 17.6. The van der Waals surface area contributed by atoms with Gasteiger partial charge in [-0.15, -0.1) is 5.10 Å². The lowest BCUT2D eigenvalue weighted by Gasteiger charge is -2.33. The normalized spacial score (nSPS) is 16.9. The van der Waals surface area contributed by atoms with Crippen LogP contribution in [-0.4, -0.2) is 47.2 Å². The molecule has 1 aromatic heterocycles. The molecule has 0 saturated carbocycles. The zero-order valence-electron chi connectivity index (χ0n) is 14.9. The summed E-state index contributed by atoms with van der Waals surface area (Å²) in [5, 5.41) is 4.18. The zero-order chi connectivity index (χ0) is 18.6. The summed E-state index contributed by atoms with van der Waals surface area (Å²) in [6.07, 6.45) is -0.116. The van der Waals surface area contributed by atoms with Gasteiger partial charge < -0.3 is 14.4 Å². The van der Waals surface area contributed by atoms with Crippen LogP contribution in [0, 0.1) is 0 Å². The fraction of sp³-hybridized carbons (Fsp3) is 0.250. The first-order chi connectivity index (χ1) is 13.3. The molecule has 3 aromatic rings. The number of morpholine rings is 1. The van der Waals surface area contributed by atoms with Crippen LogP contribution in [0.2, 0.25) is 0 Å². The summed E-state index contributed by atoms with van der Waals surface area (Å²) in [6.45, 7) is 1.58. The van der Waals surface area contributed by atoms with Gasteiger partial charge in [-0.3, -0.25) is 4.79 Å². The first-order valence-electron chi connectivity index (χ1n) is 8.69. The molecule has 6 nitrogen and oxygen atoms in total. The molecule has 2 aromatic carbocycles. The van der Waals surface area contributed by atoms with E-state index in [4.69, 9.17) is 9.47 Å². The third-order valence-corrected chi connectivity index (χ3v) is 5.28. The monoisotopic (exact) mass is 381 g/mol. The number of amides is 1. The average molecular weight is 381 g/mol. The lowest BCUT2D eigenvalue weighted by atomic mass is 10.1. The van der Waals surface area contributed by atoms with E-state index in [9.17, 15) is 4.79 Å². The Morgan fingerprint density at radius 2 is 1.96 bits per heavy atom. The molecule has 2 heterocycles. The topological polar surface area (TPSA) is 64.6 Å². The second-order valence-electron chi connectivity index (χ2n) is 6.20. The van der Waals surface area contributed by atoms with Crippen molar-refractivity contribution in [2.45, 2.75) is 6.10 Å². The molecule has 1 aliphatic heterocycles. The van der Waals surface area contributed by atoms with Crippen molar-refractivity contribution < 1.29 is 14.3 Å². The van der Waals surface area contributed by atoms with E-state index in [1.807, 2.05) is 59.5 Å². The standard InChI is InChI=1S/C20H19N3O3S/c1-25-16-9-7-15(8-10-16)18-19(27-22-21-18)20(24)23-11-12-26-17(13-23)14-5-3-2-4-6-14/h2-10,17H,11-13H2,1H3. The summed E-state index contributed by atoms with van der Waals surface area (Å²) in [7, 11) is 1.62. The van der Waals surface area contributed by atoms with Crippen molar-refractivity contribution in [3.8, 4) is 17.0 Å². The highest BCUT2D eigenvalue weighted by Crippen LogP contribution is 2.29. The molecular formula is C20H19N3O3S. The summed E-state index contributed by atoms with van der Waals surface area (Å²) in [5.74, 6) is 0.703. The lowest BCUT2D eigenvalue weighted by molar-refractivity contribution is -0.0226. The van der Waals surface area contributed by atoms with Crippen LogP contribution in [0.4, 0.5) is 0 Å². The van der Waals surface area contributed by atoms with Crippen molar-refractivity contribution >= 4 is 17.4 Å². The lowest BCUT2D eigenvalue weighted by Crippen LogP contribution is -2.42. The quantitative estimate of drug-likeness (QED) is 0.693. The van der Waals surface area contributed by atoms with Gasteiger partial charge in [0, 0.05) is 12.1 Å². The molecule has 138 valence electrons. The van der Waals surface area contributed by atoms with E-state index in [2.05, 4.69) is 9.59 Å². The Kier molecular flexibility index (Phi) is 5.13. The second kappa shape index (κ2) is 7.85. The SMILES string of the molecule is COc1ccc(-c2nnsc2C(=O)N2CCOC(c3ccccc3)C2)cc1. The van der Waals surface area contributed by atoms with Crippen molar-refractivity contribution in [3.63, 3.8) is 0 Å². The highest BCUT2D eigenvalue weighted by Gasteiger charge is 2.29. The summed E-state index contributed by atoms with van der Waals surface area (Å²) in [4.78, 5) is 15.5. The van der Waals surface area contributed by atoms with Gasteiger partial charge in [-0.1, -0.05) is 34.8 Å². The summed E-state index contributed by atoms with van der Waals surface area (Å²) < 4.78 is 15.1. The predicted octanol–water partition coefficient (Wildman–Crippen LogP) is 3.43. The molecular weight excluding hydrogens is 362 g/mol. The van der Waals surface area contributed by atoms with Crippen molar-refractivity contribution in [3.05, 3.63) is 65.0 Å². The van der Waals surface area contributed by atoms with Gasteiger partial charge in [-0.25, -0.2) is 0 Å². The third kappa shape index (κ3) is 3.70. The molecule has 0 aliphatic carbocycles. The van der Waals surface area contributed by atoms with E-state index in [0.29, 0.717) is 30.3 Å². The van der Waals surface area contributed by atoms with Crippen LogP contribution in [0.5, 0.6) is 5.75 Å². The number of carbonyl (C=O) groups excluding carboxylic acids is 1. The van der Waals surface area contributed by atoms with Gasteiger partial charge in [0.2, 0.25) is 0 Å². The van der Waals surface area contributed by atoms with E-state index in [1.165, 1.54) is 0 Å². The van der Waals surface area contributed by atoms with Gasteiger partial charge >= 0.3 is 0 Å². The van der Waals surface area contributed by atoms with Crippen LogP contribution in [0.15, 0.2) is 54.6 Å². The van der Waals surface area contributed by atoms with Crippen molar-refractivity contribution in [2.75, 3.05) is 26.8 Å². The van der Waals surface area contributed by atoms with Crippen LogP contribution < -0.4 is 4.74 Å². The Morgan fingerprint density at radius 1 is 1.19 bits per heavy atom. The fourth-order valence-corrected chi connectivity index (χ4v) is 3.77. The Bertz CT molecular complexity index is 912. The van der Waals surface area contributed by atoms with Gasteiger partial charge in [0.1, 0.15) is 22.4 Å². The Hall–Kier alpha value is -2.77. The number of hydrogen-bond donors (Lipinski definition) is 0. The largest absolute Gasteiger partial charge is 0.497 e. The third-order valence-electron chi connectivity index (χ3n) is 4.57. The van der Waals surface area contributed by atoms with Crippen LogP contribution in [0.25, 0.3) is 11.3 Å². The van der Waals surface area contributed by atoms with E-state index >= 15 is 0 Å². The maximum absolute atomic E-state index is 13.1. The van der Waals surface area contributed by atoms with Crippen LogP contribution in [0.3, 0.4) is 0 Å². The van der Waals surface area contributed by atoms with Gasteiger partial charge in [0.25, 0.3) is 5.91 Å². The number of carbonyl (C=O) groups is 1. The van der Waals surface area contributed by atoms with E-state index in [-0.39, 0.29) is 12.0 Å². The van der Waals surface area contributed by atoms with E-state index in [1.54, 1.807) is 7.11 Å². The van der Waals surface area contributed by atoms with Crippen molar-refractivity contribution in [1.29, 1.82) is 0 Å². The highest BCUT2D eigenvalue weighted by molar-refractivity contribution is 7.08. The minimum Gasteiger partial charge on any atom is -0.497 e. The number of aromatic nitrogens is 2. The molecule has 1 saturated heterocycles. The molecule has 7 heteroatoms. The number of hydrogen-bond acceptors (Lipinski definition) is 6. The van der Waals surface area contributed by atoms with E-state index < -0.39 is 0 Å². The zero-order valence-corrected chi connectivity index (χ0v) is 15.7. The summed E-state index contributed by atoms with van der Waals surface area (Å²) >= 11 is 1.13. The average Bonchev–Trinajstić information content (AvgIpc) is 3.24. The Labute approximate surface area is 161 Å². The molecule has 0 bridgehead atoms. The summed E-state index contributed by atoms with van der Waals surface area (Å²) in [6, 6.07) is 17.5. The van der Waals surface area contributed by atoms with Crippen LogP contribution >= 0.6 is 11.5 Å². The maximum atomic E-state index is 13.1. The molecule has 1 aliphatic rings. The van der Waals surface area contributed by atoms with Gasteiger partial charge in [0.05, 0.1) is 20.3 Å². The predicted molar refractivity (Wildman–Crippen MR) is 103 cm³/mol. The first-order valence-corrected chi connectivity index (χ1v) is 9.46. The van der Waals surface area contributed by atoms with Gasteiger partial charge in [-0.05, 0) is 41.4 Å². The number of benzene rings is 2. The van der Waals surface area contributed by atoms with Gasteiger partial charge in [-0.2, -0.15) is 0 Å². The van der Waals surface area contributed by atoms with Crippen LogP contribution in [0.1, 0.15) is 21.3 Å². The van der Waals surface area contributed by atoms with Crippen molar-refractivity contribution in [2.24, 2.45) is 0 Å².